The summed E-state index contributed by atoms with van der Waals surface area (Å²) in [5, 5.41) is 5.32. The summed E-state index contributed by atoms with van der Waals surface area (Å²) in [6.45, 7) is 8.34. The molecule has 0 radical (unpaired) electrons. The normalized spacial score (nSPS) is 41.4. The largest absolute Gasteiger partial charge is 0.379 e. The van der Waals surface area contributed by atoms with E-state index in [9.17, 15) is 0 Å². The molecule has 4 heteroatoms. The molecule has 3 nitrogen and oxygen atoms in total. The highest BCUT2D eigenvalue weighted by molar-refractivity contribution is 8.14. The van der Waals surface area contributed by atoms with Crippen LogP contribution in [0, 0.1) is 0 Å². The van der Waals surface area contributed by atoms with Gasteiger partial charge in [0.05, 0.1) is 18.2 Å². The monoisotopic (exact) mass is 228 g/mol. The van der Waals surface area contributed by atoms with Gasteiger partial charge in [0.15, 0.2) is 5.17 Å². The van der Waals surface area contributed by atoms with Crippen LogP contribution in [0.5, 0.6) is 0 Å². The van der Waals surface area contributed by atoms with Crippen LogP contribution in [0.2, 0.25) is 0 Å². The van der Waals surface area contributed by atoms with Crippen LogP contribution in [-0.2, 0) is 4.74 Å². The molecule has 0 aromatic carbocycles. The van der Waals surface area contributed by atoms with Crippen LogP contribution in [-0.4, -0.2) is 35.2 Å². The molecule has 0 aromatic heterocycles. The first-order valence-electron chi connectivity index (χ1n) is 5.68. The first-order chi connectivity index (χ1) is 7.07. The fourth-order valence-electron chi connectivity index (χ4n) is 2.09. The summed E-state index contributed by atoms with van der Waals surface area (Å²) < 4.78 is 5.43. The summed E-state index contributed by atoms with van der Waals surface area (Å²) >= 11 is 1.86. The summed E-state index contributed by atoms with van der Waals surface area (Å²) in [7, 11) is 0. The molecule has 0 aliphatic carbocycles. The summed E-state index contributed by atoms with van der Waals surface area (Å²) in [6.07, 6.45) is 2.26. The second kappa shape index (κ2) is 4.34. The Kier molecular flexibility index (Phi) is 3.26. The first kappa shape index (κ1) is 11.3. The van der Waals surface area contributed by atoms with E-state index in [1.807, 2.05) is 11.8 Å². The zero-order valence-corrected chi connectivity index (χ0v) is 10.6. The van der Waals surface area contributed by atoms with Crippen molar-refractivity contribution in [3.8, 4) is 0 Å². The van der Waals surface area contributed by atoms with Gasteiger partial charge in [0.2, 0.25) is 0 Å². The number of hydrogen-bond acceptors (Lipinski definition) is 4. The van der Waals surface area contributed by atoms with Crippen LogP contribution in [0.15, 0.2) is 4.99 Å². The second-order valence-corrected chi connectivity index (χ2v) is 6.36. The van der Waals surface area contributed by atoms with Crippen molar-refractivity contribution in [2.75, 3.05) is 13.2 Å². The molecule has 0 saturated carbocycles. The number of nitrogens with one attached hydrogen (secondary N) is 1. The van der Waals surface area contributed by atoms with E-state index in [0.717, 1.165) is 24.8 Å². The molecule has 3 unspecified atom stereocenters. The third kappa shape index (κ3) is 2.88. The molecule has 3 atom stereocenters. The molecule has 0 aromatic rings. The van der Waals surface area contributed by atoms with Gasteiger partial charge < -0.3 is 10.1 Å². The second-order valence-electron chi connectivity index (χ2n) is 4.94. The molecule has 0 bridgehead atoms. The molecule has 1 fully saturated rings. The van der Waals surface area contributed by atoms with Crippen molar-refractivity contribution in [2.45, 2.75) is 50.4 Å². The maximum Gasteiger partial charge on any atom is 0.157 e. The zero-order chi connectivity index (χ0) is 10.9. The SMILES string of the molecule is CC1CC(C)SC(NC2(C)CCOC2)=N1. The zero-order valence-electron chi connectivity index (χ0n) is 9.75. The van der Waals surface area contributed by atoms with Crippen molar-refractivity contribution in [3.63, 3.8) is 0 Å². The van der Waals surface area contributed by atoms with Crippen molar-refractivity contribution in [1.82, 2.24) is 5.32 Å². The summed E-state index contributed by atoms with van der Waals surface area (Å²) in [5.74, 6) is 0. The van der Waals surface area contributed by atoms with Crippen LogP contribution >= 0.6 is 11.8 Å². The third-order valence-electron chi connectivity index (χ3n) is 2.95. The Balaban J connectivity index is 1.98. The summed E-state index contributed by atoms with van der Waals surface area (Å²) in [6, 6.07) is 0.453. The number of nitrogens with zero attached hydrogens (tertiary/aromatic N) is 1. The lowest BCUT2D eigenvalue weighted by molar-refractivity contribution is 0.177. The highest BCUT2D eigenvalue weighted by Gasteiger charge is 2.32. The lowest BCUT2D eigenvalue weighted by atomic mass is 10.0. The Hall–Kier alpha value is -0.220. The van der Waals surface area contributed by atoms with Gasteiger partial charge in [-0.15, -0.1) is 0 Å². The Morgan fingerprint density at radius 2 is 2.33 bits per heavy atom. The molecule has 0 spiro atoms. The fourth-order valence-corrected chi connectivity index (χ4v) is 3.39. The van der Waals surface area contributed by atoms with Gasteiger partial charge in [-0.2, -0.15) is 0 Å². The molecule has 15 heavy (non-hydrogen) atoms. The van der Waals surface area contributed by atoms with Gasteiger partial charge >= 0.3 is 0 Å². The quantitative estimate of drug-likeness (QED) is 0.745. The van der Waals surface area contributed by atoms with Gasteiger partial charge in [0.1, 0.15) is 0 Å². The Labute approximate surface area is 96.1 Å². The molecular weight excluding hydrogens is 208 g/mol. The molecule has 2 rings (SSSR count). The number of rotatable bonds is 1. The lowest BCUT2D eigenvalue weighted by Crippen LogP contribution is -2.47. The Morgan fingerprint density at radius 1 is 1.53 bits per heavy atom. The van der Waals surface area contributed by atoms with E-state index in [0.29, 0.717) is 11.3 Å². The molecule has 2 aliphatic rings. The predicted octanol–water partition coefficient (Wildman–Crippen LogP) is 2.02. The van der Waals surface area contributed by atoms with Crippen LogP contribution in [0.4, 0.5) is 0 Å². The molecule has 1 N–H and O–H groups in total. The number of amidine groups is 1. The molecule has 86 valence electrons. The maximum atomic E-state index is 5.43. The third-order valence-corrected chi connectivity index (χ3v) is 3.98. The minimum absolute atomic E-state index is 0.0998. The van der Waals surface area contributed by atoms with Gasteiger partial charge in [-0.1, -0.05) is 18.7 Å². The van der Waals surface area contributed by atoms with E-state index >= 15 is 0 Å². The van der Waals surface area contributed by atoms with Gasteiger partial charge in [-0.05, 0) is 26.7 Å². The van der Waals surface area contributed by atoms with Crippen molar-refractivity contribution in [1.29, 1.82) is 0 Å². The van der Waals surface area contributed by atoms with Crippen molar-refractivity contribution >= 4 is 16.9 Å². The van der Waals surface area contributed by atoms with Crippen LogP contribution < -0.4 is 5.32 Å². The Bertz CT molecular complexity index is 261. The van der Waals surface area contributed by atoms with Crippen LogP contribution in [0.1, 0.15) is 33.6 Å². The van der Waals surface area contributed by atoms with Gasteiger partial charge in [-0.25, -0.2) is 0 Å². The van der Waals surface area contributed by atoms with E-state index in [1.54, 1.807) is 0 Å². The van der Waals surface area contributed by atoms with Crippen molar-refractivity contribution in [3.05, 3.63) is 0 Å². The predicted molar refractivity (Wildman–Crippen MR) is 65.5 cm³/mol. The van der Waals surface area contributed by atoms with Crippen LogP contribution in [0.25, 0.3) is 0 Å². The van der Waals surface area contributed by atoms with E-state index < -0.39 is 0 Å². The molecular formula is C11H20N2OS. The molecule has 2 aliphatic heterocycles. The van der Waals surface area contributed by atoms with E-state index in [4.69, 9.17) is 4.74 Å². The fraction of sp³-hybridized carbons (Fsp3) is 0.909. The van der Waals surface area contributed by atoms with E-state index in [2.05, 4.69) is 31.1 Å². The standard InChI is InChI=1S/C11H20N2OS/c1-8-6-9(2)15-10(12-8)13-11(3)4-5-14-7-11/h8-9H,4-7H2,1-3H3,(H,12,13). The molecule has 1 saturated heterocycles. The smallest absolute Gasteiger partial charge is 0.157 e. The van der Waals surface area contributed by atoms with Crippen molar-refractivity contribution < 1.29 is 4.74 Å². The number of thioether (sulfide) groups is 1. The van der Waals surface area contributed by atoms with Crippen molar-refractivity contribution in [2.24, 2.45) is 4.99 Å². The molecule has 2 heterocycles. The highest BCUT2D eigenvalue weighted by atomic mass is 32.2. The van der Waals surface area contributed by atoms with Gasteiger partial charge in [0, 0.05) is 11.9 Å². The van der Waals surface area contributed by atoms with E-state index in [-0.39, 0.29) is 5.54 Å². The Morgan fingerprint density at radius 3 is 2.93 bits per heavy atom. The topological polar surface area (TPSA) is 33.6 Å². The minimum Gasteiger partial charge on any atom is -0.379 e. The molecule has 0 amide bonds. The van der Waals surface area contributed by atoms with Crippen LogP contribution in [0.3, 0.4) is 0 Å². The minimum atomic E-state index is 0.0998. The van der Waals surface area contributed by atoms with Gasteiger partial charge in [-0.3, -0.25) is 4.99 Å². The number of hydrogen-bond donors (Lipinski definition) is 1. The summed E-state index contributed by atoms with van der Waals surface area (Å²) in [5.41, 5.74) is 0.0998. The summed E-state index contributed by atoms with van der Waals surface area (Å²) in [4.78, 5) is 4.65. The van der Waals surface area contributed by atoms with Gasteiger partial charge in [0.25, 0.3) is 0 Å². The highest BCUT2D eigenvalue weighted by Crippen LogP contribution is 2.26. The number of ether oxygens (including phenoxy) is 1. The average molecular weight is 228 g/mol. The lowest BCUT2D eigenvalue weighted by Gasteiger charge is -2.30. The number of aliphatic imine (C=N–C) groups is 1. The maximum absolute atomic E-state index is 5.43. The average Bonchev–Trinajstić information content (AvgIpc) is 2.49. The van der Waals surface area contributed by atoms with E-state index in [1.165, 1.54) is 6.42 Å². The first-order valence-corrected chi connectivity index (χ1v) is 6.56.